The summed E-state index contributed by atoms with van der Waals surface area (Å²) in [5.74, 6) is -0.933. The summed E-state index contributed by atoms with van der Waals surface area (Å²) in [6.07, 6.45) is 0. The Morgan fingerprint density at radius 1 is 1.20 bits per heavy atom. The van der Waals surface area contributed by atoms with Gasteiger partial charge in [0.2, 0.25) is 0 Å². The number of nitrogens with one attached hydrogen (secondary N) is 1. The minimum atomic E-state index is -4.22. The van der Waals surface area contributed by atoms with E-state index in [-0.39, 0.29) is 25.8 Å². The van der Waals surface area contributed by atoms with Crippen LogP contribution in [0.4, 0.5) is 5.69 Å². The quantitative estimate of drug-likeness (QED) is 0.579. The molecule has 0 heterocycles. The van der Waals surface area contributed by atoms with Crippen LogP contribution < -0.4 is 4.72 Å². The van der Waals surface area contributed by atoms with Gasteiger partial charge in [-0.05, 0) is 30.3 Å². The Morgan fingerprint density at radius 3 is 2.44 bits per heavy atom. The summed E-state index contributed by atoms with van der Waals surface area (Å²) in [5, 5.41) is 19.9. The van der Waals surface area contributed by atoms with E-state index in [0.29, 0.717) is 4.47 Å². The van der Waals surface area contributed by atoms with E-state index in [2.05, 4.69) is 20.7 Å². The SMILES string of the molecule is CC(C)S(=O)c1cc(Cl)cc(NS(=O)(=O)c2cc(Br)ccc2O)c1O. The highest BCUT2D eigenvalue weighted by atomic mass is 79.9. The first-order valence-electron chi connectivity index (χ1n) is 6.97. The smallest absolute Gasteiger partial charge is 0.265 e. The maximum atomic E-state index is 12.5. The third-order valence-corrected chi connectivity index (χ3v) is 6.85. The Balaban J connectivity index is 2.53. The third kappa shape index (κ3) is 4.46. The number of anilines is 1. The highest BCUT2D eigenvalue weighted by Gasteiger charge is 2.24. The van der Waals surface area contributed by atoms with Crippen molar-refractivity contribution in [3.8, 4) is 11.5 Å². The van der Waals surface area contributed by atoms with E-state index < -0.39 is 32.3 Å². The molecule has 2 rings (SSSR count). The van der Waals surface area contributed by atoms with Crippen molar-refractivity contribution in [3.05, 3.63) is 39.8 Å². The van der Waals surface area contributed by atoms with Gasteiger partial charge in [0.05, 0.1) is 21.4 Å². The molecule has 0 radical (unpaired) electrons. The van der Waals surface area contributed by atoms with Gasteiger partial charge in [-0.25, -0.2) is 8.42 Å². The zero-order valence-corrected chi connectivity index (χ0v) is 17.1. The van der Waals surface area contributed by atoms with E-state index in [0.717, 1.165) is 0 Å². The summed E-state index contributed by atoms with van der Waals surface area (Å²) in [7, 11) is -5.79. The van der Waals surface area contributed by atoms with Crippen LogP contribution in [0.5, 0.6) is 11.5 Å². The second-order valence-electron chi connectivity index (χ2n) is 5.36. The number of benzene rings is 2. The normalized spacial score (nSPS) is 13.0. The van der Waals surface area contributed by atoms with E-state index in [1.807, 2.05) is 0 Å². The number of phenolic OH excluding ortho intramolecular Hbond substituents is 2. The van der Waals surface area contributed by atoms with Gasteiger partial charge in [0.25, 0.3) is 10.0 Å². The van der Waals surface area contributed by atoms with Gasteiger partial charge in [0, 0.05) is 14.7 Å². The van der Waals surface area contributed by atoms with E-state index >= 15 is 0 Å². The number of halogens is 2. The first-order chi connectivity index (χ1) is 11.5. The Bertz CT molecular complexity index is 947. The van der Waals surface area contributed by atoms with Crippen molar-refractivity contribution >= 4 is 54.0 Å². The molecule has 0 fully saturated rings. The van der Waals surface area contributed by atoms with Gasteiger partial charge in [0.1, 0.15) is 10.6 Å². The van der Waals surface area contributed by atoms with Gasteiger partial charge in [-0.1, -0.05) is 41.4 Å². The maximum Gasteiger partial charge on any atom is 0.265 e. The fourth-order valence-electron chi connectivity index (χ4n) is 1.96. The van der Waals surface area contributed by atoms with E-state index in [1.54, 1.807) is 13.8 Å². The molecule has 0 bridgehead atoms. The molecule has 0 spiro atoms. The van der Waals surface area contributed by atoms with Crippen LogP contribution in [0, 0.1) is 0 Å². The van der Waals surface area contributed by atoms with Crippen molar-refractivity contribution in [2.45, 2.75) is 28.9 Å². The molecule has 25 heavy (non-hydrogen) atoms. The third-order valence-electron chi connectivity index (χ3n) is 3.14. The van der Waals surface area contributed by atoms with Gasteiger partial charge in [-0.2, -0.15) is 0 Å². The molecule has 2 aromatic carbocycles. The fraction of sp³-hybridized carbons (Fsp3) is 0.200. The molecule has 0 aromatic heterocycles. The second-order valence-corrected chi connectivity index (χ2v) is 10.3. The molecule has 0 aliphatic carbocycles. The monoisotopic (exact) mass is 467 g/mol. The molecule has 0 aliphatic rings. The molecule has 0 saturated carbocycles. The minimum Gasteiger partial charge on any atom is -0.507 e. The predicted octanol–water partition coefficient (Wildman–Crippen LogP) is 3.83. The van der Waals surface area contributed by atoms with E-state index in [1.165, 1.54) is 30.3 Å². The standard InChI is InChI=1S/C15H15BrClNO5S2/c1-8(2)24(21)13-7-10(17)6-11(15(13)20)18-25(22,23)14-5-9(16)3-4-12(14)19/h3-8,18-20H,1-2H3. The summed E-state index contributed by atoms with van der Waals surface area (Å²) in [5.41, 5.74) is -0.226. The Labute approximate surface area is 161 Å². The van der Waals surface area contributed by atoms with Crippen LogP contribution in [0.25, 0.3) is 0 Å². The van der Waals surface area contributed by atoms with Gasteiger partial charge in [0.15, 0.2) is 5.75 Å². The van der Waals surface area contributed by atoms with Crippen molar-refractivity contribution in [1.29, 1.82) is 0 Å². The minimum absolute atomic E-state index is 0.0265. The molecule has 10 heteroatoms. The lowest BCUT2D eigenvalue weighted by molar-refractivity contribution is 0.458. The van der Waals surface area contributed by atoms with Gasteiger partial charge >= 0.3 is 0 Å². The Morgan fingerprint density at radius 2 is 1.84 bits per heavy atom. The van der Waals surface area contributed by atoms with Crippen LogP contribution in [-0.2, 0) is 20.8 Å². The number of hydrogen-bond donors (Lipinski definition) is 3. The molecule has 1 unspecified atom stereocenters. The number of hydrogen-bond acceptors (Lipinski definition) is 5. The maximum absolute atomic E-state index is 12.5. The topological polar surface area (TPSA) is 104 Å². The Kier molecular flexibility index (Phi) is 6.03. The summed E-state index contributed by atoms with van der Waals surface area (Å²) >= 11 is 9.10. The van der Waals surface area contributed by atoms with Crippen molar-refractivity contribution < 1.29 is 22.8 Å². The van der Waals surface area contributed by atoms with Crippen molar-refractivity contribution in [3.63, 3.8) is 0 Å². The van der Waals surface area contributed by atoms with Gasteiger partial charge in [-0.3, -0.25) is 8.93 Å². The summed E-state index contributed by atoms with van der Waals surface area (Å²) < 4.78 is 40.0. The molecule has 136 valence electrons. The Hall–Kier alpha value is -1.29. The van der Waals surface area contributed by atoms with Gasteiger partial charge < -0.3 is 10.2 Å². The number of sulfonamides is 1. The average Bonchev–Trinajstić information content (AvgIpc) is 2.51. The first-order valence-corrected chi connectivity index (χ1v) is 10.8. The van der Waals surface area contributed by atoms with Crippen molar-refractivity contribution in [1.82, 2.24) is 0 Å². The molecular formula is C15H15BrClNO5S2. The number of aromatic hydroxyl groups is 2. The van der Waals surface area contributed by atoms with Crippen LogP contribution in [-0.4, -0.2) is 28.1 Å². The molecule has 0 aliphatic heterocycles. The lowest BCUT2D eigenvalue weighted by Gasteiger charge is -2.15. The van der Waals surface area contributed by atoms with Crippen molar-refractivity contribution in [2.24, 2.45) is 0 Å². The molecule has 6 nitrogen and oxygen atoms in total. The zero-order valence-electron chi connectivity index (χ0n) is 13.2. The lowest BCUT2D eigenvalue weighted by Crippen LogP contribution is -2.14. The molecule has 2 aromatic rings. The molecule has 0 amide bonds. The van der Waals surface area contributed by atoms with Crippen LogP contribution in [0.3, 0.4) is 0 Å². The second kappa shape index (κ2) is 7.53. The fourth-order valence-corrected chi connectivity index (χ4v) is 4.99. The van der Waals surface area contributed by atoms with Crippen LogP contribution in [0.15, 0.2) is 44.6 Å². The highest BCUT2D eigenvalue weighted by Crippen LogP contribution is 2.37. The van der Waals surface area contributed by atoms with E-state index in [9.17, 15) is 22.8 Å². The number of rotatable bonds is 5. The van der Waals surface area contributed by atoms with E-state index in [4.69, 9.17) is 11.6 Å². The molecular weight excluding hydrogens is 454 g/mol. The molecule has 3 N–H and O–H groups in total. The summed E-state index contributed by atoms with van der Waals surface area (Å²) in [4.78, 5) is -0.355. The van der Waals surface area contributed by atoms with Crippen molar-refractivity contribution in [2.75, 3.05) is 4.72 Å². The van der Waals surface area contributed by atoms with Gasteiger partial charge in [-0.15, -0.1) is 0 Å². The molecule has 1 atom stereocenters. The predicted molar refractivity (Wildman–Crippen MR) is 101 cm³/mol. The molecule has 0 saturated heterocycles. The highest BCUT2D eigenvalue weighted by molar-refractivity contribution is 9.10. The first kappa shape index (κ1) is 20.0. The summed E-state index contributed by atoms with van der Waals surface area (Å²) in [6.45, 7) is 3.39. The number of phenols is 2. The largest absolute Gasteiger partial charge is 0.507 e. The lowest BCUT2D eigenvalue weighted by atomic mass is 10.3. The van der Waals surface area contributed by atoms with Crippen LogP contribution >= 0.6 is 27.5 Å². The van der Waals surface area contributed by atoms with Crippen LogP contribution in [0.2, 0.25) is 5.02 Å². The summed E-state index contributed by atoms with van der Waals surface area (Å²) in [6, 6.07) is 6.43. The van der Waals surface area contributed by atoms with Crippen LogP contribution in [0.1, 0.15) is 13.8 Å². The zero-order chi connectivity index (χ0) is 18.9. The average molecular weight is 469 g/mol.